The van der Waals surface area contributed by atoms with E-state index in [0.29, 0.717) is 12.2 Å². The van der Waals surface area contributed by atoms with Crippen LogP contribution in [-0.4, -0.2) is 15.9 Å². The van der Waals surface area contributed by atoms with Crippen molar-refractivity contribution in [2.75, 3.05) is 10.6 Å². The molecule has 6 heteroatoms. The summed E-state index contributed by atoms with van der Waals surface area (Å²) >= 11 is 0. The number of furan rings is 1. The Balaban J connectivity index is 1.65. The van der Waals surface area contributed by atoms with Gasteiger partial charge >= 0.3 is 0 Å². The molecule has 0 aliphatic carbocycles. The summed E-state index contributed by atoms with van der Waals surface area (Å²) in [7, 11) is 0. The maximum atomic E-state index is 12.0. The maximum absolute atomic E-state index is 12.0. The van der Waals surface area contributed by atoms with Crippen LogP contribution in [0.3, 0.4) is 0 Å². The van der Waals surface area contributed by atoms with Crippen LogP contribution in [0, 0.1) is 13.8 Å². The zero-order chi connectivity index (χ0) is 16.9. The number of nitrogens with one attached hydrogen (secondary N) is 2. The van der Waals surface area contributed by atoms with E-state index in [9.17, 15) is 4.79 Å². The second-order valence-electron chi connectivity index (χ2n) is 5.43. The van der Waals surface area contributed by atoms with E-state index in [1.165, 1.54) is 6.26 Å². The molecule has 0 unspecified atom stereocenters. The van der Waals surface area contributed by atoms with Crippen molar-refractivity contribution in [2.45, 2.75) is 20.4 Å². The molecule has 122 valence electrons. The fourth-order valence-electron chi connectivity index (χ4n) is 2.36. The number of amides is 1. The summed E-state index contributed by atoms with van der Waals surface area (Å²) in [6.07, 6.45) is 1.47. The molecule has 0 aliphatic heterocycles. The van der Waals surface area contributed by atoms with E-state index >= 15 is 0 Å². The Kier molecular flexibility index (Phi) is 4.56. The van der Waals surface area contributed by atoms with Crippen LogP contribution in [0.15, 0.2) is 53.1 Å². The maximum Gasteiger partial charge on any atom is 0.291 e. The summed E-state index contributed by atoms with van der Waals surface area (Å²) in [5.74, 6) is 1.53. The summed E-state index contributed by atoms with van der Waals surface area (Å²) in [6, 6.07) is 12.8. The molecule has 24 heavy (non-hydrogen) atoms. The lowest BCUT2D eigenvalue weighted by molar-refractivity contribution is 0.0996. The lowest BCUT2D eigenvalue weighted by Crippen LogP contribution is -2.11. The van der Waals surface area contributed by atoms with Crippen molar-refractivity contribution in [1.29, 1.82) is 0 Å². The second-order valence-corrected chi connectivity index (χ2v) is 5.43. The largest absolute Gasteiger partial charge is 0.459 e. The number of aromatic nitrogens is 2. The quantitative estimate of drug-likeness (QED) is 0.751. The van der Waals surface area contributed by atoms with E-state index in [1.54, 1.807) is 12.1 Å². The predicted molar refractivity (Wildman–Crippen MR) is 91.9 cm³/mol. The Morgan fingerprint density at radius 2 is 2.00 bits per heavy atom. The van der Waals surface area contributed by atoms with Gasteiger partial charge in [-0.15, -0.1) is 0 Å². The lowest BCUT2D eigenvalue weighted by Gasteiger charge is -2.09. The molecule has 0 saturated heterocycles. The zero-order valence-corrected chi connectivity index (χ0v) is 13.5. The van der Waals surface area contributed by atoms with Gasteiger partial charge in [0, 0.05) is 24.0 Å². The van der Waals surface area contributed by atoms with Gasteiger partial charge in [0.15, 0.2) is 5.76 Å². The number of rotatable bonds is 5. The van der Waals surface area contributed by atoms with Gasteiger partial charge in [0.2, 0.25) is 0 Å². The number of nitrogens with zero attached hydrogens (tertiary/aromatic N) is 2. The van der Waals surface area contributed by atoms with Gasteiger partial charge in [0.05, 0.1) is 6.26 Å². The van der Waals surface area contributed by atoms with Gasteiger partial charge in [-0.1, -0.05) is 12.1 Å². The highest BCUT2D eigenvalue weighted by Crippen LogP contribution is 2.14. The van der Waals surface area contributed by atoms with Crippen molar-refractivity contribution in [3.63, 3.8) is 0 Å². The zero-order valence-electron chi connectivity index (χ0n) is 13.5. The first-order valence-corrected chi connectivity index (χ1v) is 7.60. The van der Waals surface area contributed by atoms with Gasteiger partial charge in [-0.05, 0) is 43.7 Å². The minimum absolute atomic E-state index is 0.271. The molecule has 2 N–H and O–H groups in total. The summed E-state index contributed by atoms with van der Waals surface area (Å²) in [4.78, 5) is 20.6. The van der Waals surface area contributed by atoms with E-state index < -0.39 is 0 Å². The molecule has 6 nitrogen and oxygen atoms in total. The molecule has 1 amide bonds. The summed E-state index contributed by atoms with van der Waals surface area (Å²) < 4.78 is 5.09. The Hall–Kier alpha value is -3.15. The van der Waals surface area contributed by atoms with Crippen molar-refractivity contribution in [2.24, 2.45) is 0 Å². The Morgan fingerprint density at radius 3 is 2.75 bits per heavy atom. The van der Waals surface area contributed by atoms with Gasteiger partial charge in [-0.3, -0.25) is 4.79 Å². The van der Waals surface area contributed by atoms with Crippen LogP contribution in [0.5, 0.6) is 0 Å². The number of carbonyl (C=O) groups is 1. The first kappa shape index (κ1) is 15.7. The summed E-state index contributed by atoms with van der Waals surface area (Å²) in [5, 5.41) is 6.08. The fraction of sp³-hybridized carbons (Fsp3) is 0.167. The minimum Gasteiger partial charge on any atom is -0.459 e. The van der Waals surface area contributed by atoms with Gasteiger partial charge in [0.25, 0.3) is 5.91 Å². The van der Waals surface area contributed by atoms with Crippen LogP contribution >= 0.6 is 0 Å². The predicted octanol–water partition coefficient (Wildman–Crippen LogP) is 3.55. The highest BCUT2D eigenvalue weighted by atomic mass is 16.3. The van der Waals surface area contributed by atoms with Crippen molar-refractivity contribution in [3.05, 3.63) is 71.6 Å². The second kappa shape index (κ2) is 6.95. The molecule has 0 bridgehead atoms. The number of carbonyl (C=O) groups excluding carboxylic acids is 1. The third kappa shape index (κ3) is 3.98. The topological polar surface area (TPSA) is 80.0 Å². The van der Waals surface area contributed by atoms with Crippen molar-refractivity contribution >= 4 is 17.4 Å². The molecule has 2 heterocycles. The SMILES string of the molecule is Cc1cc(NCc2cccc(NC(=O)c3ccco3)c2)nc(C)n1. The summed E-state index contributed by atoms with van der Waals surface area (Å²) in [5.41, 5.74) is 2.66. The smallest absolute Gasteiger partial charge is 0.291 e. The average molecular weight is 322 g/mol. The molecular weight excluding hydrogens is 304 g/mol. The first-order valence-electron chi connectivity index (χ1n) is 7.60. The van der Waals surface area contributed by atoms with Crippen molar-refractivity contribution in [1.82, 2.24) is 9.97 Å². The molecule has 1 aromatic carbocycles. The molecular formula is C18H18N4O2. The van der Waals surface area contributed by atoms with E-state index in [4.69, 9.17) is 4.42 Å². The monoisotopic (exact) mass is 322 g/mol. The highest BCUT2D eigenvalue weighted by molar-refractivity contribution is 6.02. The third-order valence-corrected chi connectivity index (χ3v) is 3.37. The number of hydrogen-bond donors (Lipinski definition) is 2. The highest BCUT2D eigenvalue weighted by Gasteiger charge is 2.08. The molecule has 0 fully saturated rings. The van der Waals surface area contributed by atoms with Crippen LogP contribution in [0.25, 0.3) is 0 Å². The fourth-order valence-corrected chi connectivity index (χ4v) is 2.36. The van der Waals surface area contributed by atoms with Gasteiger partial charge in [-0.2, -0.15) is 0 Å². The van der Waals surface area contributed by atoms with Crippen LogP contribution in [0.4, 0.5) is 11.5 Å². The molecule has 0 aliphatic rings. The lowest BCUT2D eigenvalue weighted by atomic mass is 10.2. The molecule has 0 atom stereocenters. The minimum atomic E-state index is -0.271. The molecule has 3 rings (SSSR count). The van der Waals surface area contributed by atoms with Gasteiger partial charge < -0.3 is 15.1 Å². The Labute approximate surface area is 140 Å². The van der Waals surface area contributed by atoms with Crippen LogP contribution in [-0.2, 0) is 6.54 Å². The van der Waals surface area contributed by atoms with Gasteiger partial charge in [0.1, 0.15) is 11.6 Å². The van der Waals surface area contributed by atoms with E-state index in [0.717, 1.165) is 22.9 Å². The van der Waals surface area contributed by atoms with E-state index in [-0.39, 0.29) is 11.7 Å². The van der Waals surface area contributed by atoms with Crippen LogP contribution in [0.1, 0.15) is 27.6 Å². The number of aryl methyl sites for hydroxylation is 2. The third-order valence-electron chi connectivity index (χ3n) is 3.37. The number of benzene rings is 1. The Bertz CT molecular complexity index is 824. The van der Waals surface area contributed by atoms with Crippen LogP contribution in [0.2, 0.25) is 0 Å². The van der Waals surface area contributed by atoms with Crippen molar-refractivity contribution in [3.8, 4) is 0 Å². The first-order chi connectivity index (χ1) is 11.6. The number of anilines is 2. The number of hydrogen-bond acceptors (Lipinski definition) is 5. The molecule has 2 aromatic heterocycles. The standard InChI is InChI=1S/C18H18N4O2/c1-12-9-17(21-13(2)20-12)19-11-14-5-3-6-15(10-14)22-18(23)16-7-4-8-24-16/h3-10H,11H2,1-2H3,(H,22,23)(H,19,20,21). The van der Waals surface area contributed by atoms with Gasteiger partial charge in [-0.25, -0.2) is 9.97 Å². The van der Waals surface area contributed by atoms with E-state index in [2.05, 4.69) is 20.6 Å². The normalized spacial score (nSPS) is 10.4. The molecule has 0 radical (unpaired) electrons. The average Bonchev–Trinajstić information content (AvgIpc) is 3.07. The van der Waals surface area contributed by atoms with E-state index in [1.807, 2.05) is 44.2 Å². The van der Waals surface area contributed by atoms with Crippen molar-refractivity contribution < 1.29 is 9.21 Å². The molecule has 0 saturated carbocycles. The summed E-state index contributed by atoms with van der Waals surface area (Å²) in [6.45, 7) is 4.40. The molecule has 0 spiro atoms. The van der Waals surface area contributed by atoms with Crippen LogP contribution < -0.4 is 10.6 Å². The Morgan fingerprint density at radius 1 is 1.12 bits per heavy atom. The molecule has 3 aromatic rings.